The van der Waals surface area contributed by atoms with E-state index in [1.165, 1.54) is 44.3 Å². The van der Waals surface area contributed by atoms with Gasteiger partial charge >= 0.3 is 0 Å². The molecule has 112 valence electrons. The van der Waals surface area contributed by atoms with Crippen LogP contribution < -0.4 is 5.73 Å². The Morgan fingerprint density at radius 2 is 1.90 bits per heavy atom. The second-order valence-electron chi connectivity index (χ2n) is 6.15. The summed E-state index contributed by atoms with van der Waals surface area (Å²) in [4.78, 5) is 2.65. The van der Waals surface area contributed by atoms with Gasteiger partial charge in [-0.25, -0.2) is 0 Å². The van der Waals surface area contributed by atoms with E-state index in [4.69, 9.17) is 5.73 Å². The molecule has 1 heterocycles. The van der Waals surface area contributed by atoms with Gasteiger partial charge in [0.15, 0.2) is 0 Å². The minimum Gasteiger partial charge on any atom is -0.323 e. The predicted octanol–water partition coefficient (Wildman–Crippen LogP) is 3.98. The third-order valence-electron chi connectivity index (χ3n) is 4.95. The van der Waals surface area contributed by atoms with E-state index < -0.39 is 0 Å². The Labute approximate surface area is 124 Å². The van der Waals surface area contributed by atoms with Crippen molar-refractivity contribution in [3.05, 3.63) is 35.9 Å². The lowest BCUT2D eigenvalue weighted by Crippen LogP contribution is -2.43. The Bertz CT molecular complexity index is 376. The van der Waals surface area contributed by atoms with Crippen molar-refractivity contribution in [1.29, 1.82) is 0 Å². The van der Waals surface area contributed by atoms with Crippen molar-refractivity contribution in [3.63, 3.8) is 0 Å². The summed E-state index contributed by atoms with van der Waals surface area (Å²) >= 11 is 0. The number of nitrogens with zero attached hydrogens (tertiary/aromatic N) is 1. The molecule has 1 fully saturated rings. The zero-order valence-electron chi connectivity index (χ0n) is 13.1. The standard InChI is InChI=1S/C18H30N2/c1-3-15-9-8-13-20(14-12-15)17(4-2)18(19)16-10-6-5-7-11-16/h5-7,10-11,15,17-18H,3-4,8-9,12-14,19H2,1-2H3. The van der Waals surface area contributed by atoms with Gasteiger partial charge in [-0.3, -0.25) is 4.90 Å². The maximum atomic E-state index is 6.56. The number of rotatable bonds is 5. The molecule has 1 aliphatic rings. The SMILES string of the molecule is CCC1CCCN(C(CC)C(N)c2ccccc2)CC1. The van der Waals surface area contributed by atoms with Gasteiger partial charge in [-0.1, -0.05) is 50.6 Å². The van der Waals surface area contributed by atoms with Crippen molar-refractivity contribution in [3.8, 4) is 0 Å². The summed E-state index contributed by atoms with van der Waals surface area (Å²) in [6, 6.07) is 11.2. The van der Waals surface area contributed by atoms with E-state index in [0.717, 1.165) is 12.3 Å². The van der Waals surface area contributed by atoms with Crippen LogP contribution in [0.1, 0.15) is 57.6 Å². The second-order valence-corrected chi connectivity index (χ2v) is 6.15. The number of nitrogens with two attached hydrogens (primary N) is 1. The largest absolute Gasteiger partial charge is 0.323 e. The zero-order chi connectivity index (χ0) is 14.4. The van der Waals surface area contributed by atoms with Crippen molar-refractivity contribution < 1.29 is 0 Å². The van der Waals surface area contributed by atoms with Crippen LogP contribution in [0, 0.1) is 5.92 Å². The Morgan fingerprint density at radius 3 is 2.55 bits per heavy atom. The summed E-state index contributed by atoms with van der Waals surface area (Å²) in [5.41, 5.74) is 7.83. The molecule has 1 aromatic rings. The van der Waals surface area contributed by atoms with E-state index in [0.29, 0.717) is 6.04 Å². The highest BCUT2D eigenvalue weighted by Crippen LogP contribution is 2.26. The number of likely N-dealkylation sites (tertiary alicyclic amines) is 1. The third-order valence-corrected chi connectivity index (χ3v) is 4.95. The van der Waals surface area contributed by atoms with E-state index in [1.54, 1.807) is 0 Å². The van der Waals surface area contributed by atoms with Crippen LogP contribution in [0.5, 0.6) is 0 Å². The number of hydrogen-bond acceptors (Lipinski definition) is 2. The molecule has 1 aromatic carbocycles. The van der Waals surface area contributed by atoms with Crippen molar-refractivity contribution in [2.45, 2.75) is 58.0 Å². The molecular weight excluding hydrogens is 244 g/mol. The topological polar surface area (TPSA) is 29.3 Å². The average molecular weight is 274 g/mol. The molecule has 0 radical (unpaired) electrons. The summed E-state index contributed by atoms with van der Waals surface area (Å²) in [7, 11) is 0. The van der Waals surface area contributed by atoms with Gasteiger partial charge in [-0.2, -0.15) is 0 Å². The van der Waals surface area contributed by atoms with Gasteiger partial charge in [0, 0.05) is 12.1 Å². The summed E-state index contributed by atoms with van der Waals surface area (Å²) in [6.45, 7) is 7.04. The lowest BCUT2D eigenvalue weighted by Gasteiger charge is -2.34. The third kappa shape index (κ3) is 3.83. The first-order valence-corrected chi connectivity index (χ1v) is 8.30. The molecule has 2 N–H and O–H groups in total. The normalized spacial score (nSPS) is 24.1. The van der Waals surface area contributed by atoms with Gasteiger partial charge in [-0.05, 0) is 50.3 Å². The number of benzene rings is 1. The summed E-state index contributed by atoms with van der Waals surface area (Å²) < 4.78 is 0. The molecule has 2 rings (SSSR count). The molecule has 0 spiro atoms. The van der Waals surface area contributed by atoms with Gasteiger partial charge < -0.3 is 5.73 Å². The Hall–Kier alpha value is -0.860. The first-order chi connectivity index (χ1) is 9.76. The van der Waals surface area contributed by atoms with Gasteiger partial charge in [0.25, 0.3) is 0 Å². The minimum atomic E-state index is 0.138. The van der Waals surface area contributed by atoms with Crippen LogP contribution in [0.3, 0.4) is 0 Å². The highest BCUT2D eigenvalue weighted by molar-refractivity contribution is 5.20. The summed E-state index contributed by atoms with van der Waals surface area (Å²) in [5, 5.41) is 0. The van der Waals surface area contributed by atoms with Crippen LogP contribution in [0.15, 0.2) is 30.3 Å². The zero-order valence-corrected chi connectivity index (χ0v) is 13.1. The fraction of sp³-hybridized carbons (Fsp3) is 0.667. The first-order valence-electron chi connectivity index (χ1n) is 8.30. The van der Waals surface area contributed by atoms with Crippen LogP contribution in [-0.2, 0) is 0 Å². The van der Waals surface area contributed by atoms with E-state index in [-0.39, 0.29) is 6.04 Å². The molecule has 2 heteroatoms. The highest BCUT2D eigenvalue weighted by Gasteiger charge is 2.26. The van der Waals surface area contributed by atoms with Crippen LogP contribution in [0.2, 0.25) is 0 Å². The molecule has 1 saturated heterocycles. The molecule has 3 atom stereocenters. The van der Waals surface area contributed by atoms with Crippen molar-refractivity contribution in [1.82, 2.24) is 4.90 Å². The van der Waals surface area contributed by atoms with E-state index >= 15 is 0 Å². The highest BCUT2D eigenvalue weighted by atomic mass is 15.2. The molecular formula is C18H30N2. The molecule has 20 heavy (non-hydrogen) atoms. The van der Waals surface area contributed by atoms with Crippen LogP contribution in [0.4, 0.5) is 0 Å². The predicted molar refractivity (Wildman–Crippen MR) is 86.7 cm³/mol. The fourth-order valence-corrected chi connectivity index (χ4v) is 3.56. The molecule has 0 aromatic heterocycles. The fourth-order valence-electron chi connectivity index (χ4n) is 3.56. The van der Waals surface area contributed by atoms with E-state index in [9.17, 15) is 0 Å². The molecule has 0 aliphatic carbocycles. The Balaban J connectivity index is 2.04. The monoisotopic (exact) mass is 274 g/mol. The minimum absolute atomic E-state index is 0.138. The molecule has 0 bridgehead atoms. The maximum Gasteiger partial charge on any atom is 0.0453 e. The van der Waals surface area contributed by atoms with Gasteiger partial charge in [0.1, 0.15) is 0 Å². The summed E-state index contributed by atoms with van der Waals surface area (Å²) in [6.07, 6.45) is 6.53. The van der Waals surface area contributed by atoms with Crippen molar-refractivity contribution in [2.75, 3.05) is 13.1 Å². The van der Waals surface area contributed by atoms with Crippen molar-refractivity contribution in [2.24, 2.45) is 11.7 Å². The molecule has 0 amide bonds. The molecule has 2 nitrogen and oxygen atoms in total. The molecule has 1 aliphatic heterocycles. The van der Waals surface area contributed by atoms with E-state index in [2.05, 4.69) is 49.1 Å². The van der Waals surface area contributed by atoms with Crippen LogP contribution in [-0.4, -0.2) is 24.0 Å². The van der Waals surface area contributed by atoms with Crippen molar-refractivity contribution >= 4 is 0 Å². The maximum absolute atomic E-state index is 6.56. The van der Waals surface area contributed by atoms with E-state index in [1.807, 2.05) is 0 Å². The smallest absolute Gasteiger partial charge is 0.0453 e. The lowest BCUT2D eigenvalue weighted by molar-refractivity contribution is 0.169. The number of hydrogen-bond donors (Lipinski definition) is 1. The van der Waals surface area contributed by atoms with Gasteiger partial charge in [-0.15, -0.1) is 0 Å². The Kier molecular flexibility index (Phi) is 6.06. The lowest BCUT2D eigenvalue weighted by atomic mass is 9.96. The Morgan fingerprint density at radius 1 is 1.15 bits per heavy atom. The molecule has 0 saturated carbocycles. The summed E-state index contributed by atoms with van der Waals surface area (Å²) in [5.74, 6) is 0.922. The second kappa shape index (κ2) is 7.80. The van der Waals surface area contributed by atoms with Crippen LogP contribution >= 0.6 is 0 Å². The van der Waals surface area contributed by atoms with Crippen LogP contribution in [0.25, 0.3) is 0 Å². The molecule has 3 unspecified atom stereocenters. The quantitative estimate of drug-likeness (QED) is 0.880. The van der Waals surface area contributed by atoms with Gasteiger partial charge in [0.05, 0.1) is 0 Å². The average Bonchev–Trinajstić information content (AvgIpc) is 2.74. The van der Waals surface area contributed by atoms with Gasteiger partial charge in [0.2, 0.25) is 0 Å². The first kappa shape index (κ1) is 15.5.